The standard InChI is InChI=1S/C23H21N3O3/c1-14(15-8-10-19(11-9-15)24-22(28)16-6-7-16)25-26-23(29)20-12-17-4-2-3-5-18(17)13-21(20)27/h2-5,8-13,16,27H,6-7H2,1H3,(H,24,28)(H,26,29)/b25-14-. The Morgan fingerprint density at radius 3 is 2.31 bits per heavy atom. The Morgan fingerprint density at radius 2 is 1.66 bits per heavy atom. The van der Waals surface area contributed by atoms with Crippen LogP contribution < -0.4 is 10.7 Å². The number of hydrogen-bond donors (Lipinski definition) is 3. The van der Waals surface area contributed by atoms with Crippen LogP contribution in [0.5, 0.6) is 5.75 Å². The maximum atomic E-state index is 12.5. The van der Waals surface area contributed by atoms with Gasteiger partial charge in [0.2, 0.25) is 5.91 Å². The number of nitrogens with one attached hydrogen (secondary N) is 2. The van der Waals surface area contributed by atoms with Crippen molar-refractivity contribution in [3.8, 4) is 5.75 Å². The predicted molar refractivity (Wildman–Crippen MR) is 113 cm³/mol. The Balaban J connectivity index is 1.44. The molecule has 4 rings (SSSR count). The number of rotatable bonds is 5. The van der Waals surface area contributed by atoms with Gasteiger partial charge in [-0.2, -0.15) is 5.10 Å². The lowest BCUT2D eigenvalue weighted by atomic mass is 10.1. The molecule has 1 aliphatic carbocycles. The first-order valence-electron chi connectivity index (χ1n) is 9.49. The summed E-state index contributed by atoms with van der Waals surface area (Å²) in [6.45, 7) is 1.78. The summed E-state index contributed by atoms with van der Waals surface area (Å²) in [5.41, 5.74) is 4.82. The van der Waals surface area contributed by atoms with Crippen LogP contribution in [-0.4, -0.2) is 22.6 Å². The van der Waals surface area contributed by atoms with Crippen molar-refractivity contribution in [3.63, 3.8) is 0 Å². The monoisotopic (exact) mass is 387 g/mol. The van der Waals surface area contributed by atoms with Gasteiger partial charge in [0.05, 0.1) is 11.3 Å². The molecule has 3 aromatic carbocycles. The smallest absolute Gasteiger partial charge is 0.275 e. The number of carbonyl (C=O) groups excluding carboxylic acids is 2. The fourth-order valence-electron chi connectivity index (χ4n) is 3.05. The Hall–Kier alpha value is -3.67. The van der Waals surface area contributed by atoms with Gasteiger partial charge in [-0.3, -0.25) is 9.59 Å². The van der Waals surface area contributed by atoms with Crippen LogP contribution >= 0.6 is 0 Å². The second-order valence-corrected chi connectivity index (χ2v) is 7.20. The summed E-state index contributed by atoms with van der Waals surface area (Å²) < 4.78 is 0. The first kappa shape index (κ1) is 18.7. The molecule has 6 nitrogen and oxygen atoms in total. The van der Waals surface area contributed by atoms with E-state index >= 15 is 0 Å². The van der Waals surface area contributed by atoms with Gasteiger partial charge in [0, 0.05) is 11.6 Å². The molecule has 0 spiro atoms. The summed E-state index contributed by atoms with van der Waals surface area (Å²) in [6, 6.07) is 18.0. The zero-order chi connectivity index (χ0) is 20.4. The van der Waals surface area contributed by atoms with Crippen LogP contribution in [0.1, 0.15) is 35.7 Å². The quantitative estimate of drug-likeness (QED) is 0.456. The zero-order valence-corrected chi connectivity index (χ0v) is 16.0. The molecule has 0 saturated heterocycles. The van der Waals surface area contributed by atoms with Crippen LogP contribution in [0.2, 0.25) is 0 Å². The van der Waals surface area contributed by atoms with E-state index in [1.54, 1.807) is 19.1 Å². The van der Waals surface area contributed by atoms with Crippen molar-refractivity contribution in [1.29, 1.82) is 0 Å². The highest BCUT2D eigenvalue weighted by atomic mass is 16.3. The zero-order valence-electron chi connectivity index (χ0n) is 16.0. The number of phenols is 1. The minimum Gasteiger partial charge on any atom is -0.507 e. The topological polar surface area (TPSA) is 90.8 Å². The van der Waals surface area contributed by atoms with E-state index in [2.05, 4.69) is 15.8 Å². The summed E-state index contributed by atoms with van der Waals surface area (Å²) in [4.78, 5) is 24.3. The van der Waals surface area contributed by atoms with Crippen LogP contribution in [0.25, 0.3) is 10.8 Å². The van der Waals surface area contributed by atoms with Gasteiger partial charge in [-0.05, 0) is 60.4 Å². The SMILES string of the molecule is C/C(=N/NC(=O)c1cc2ccccc2cc1O)c1ccc(NC(=O)C2CC2)cc1. The highest BCUT2D eigenvalue weighted by Gasteiger charge is 2.29. The van der Waals surface area contributed by atoms with Crippen molar-refractivity contribution >= 4 is 34.0 Å². The molecule has 0 aromatic heterocycles. The lowest BCUT2D eigenvalue weighted by Gasteiger charge is -2.08. The number of amides is 2. The summed E-state index contributed by atoms with van der Waals surface area (Å²) >= 11 is 0. The Bertz CT molecular complexity index is 1120. The van der Waals surface area contributed by atoms with E-state index in [4.69, 9.17) is 0 Å². The van der Waals surface area contributed by atoms with E-state index in [9.17, 15) is 14.7 Å². The van der Waals surface area contributed by atoms with Crippen LogP contribution in [0, 0.1) is 5.92 Å². The molecule has 0 heterocycles. The molecular formula is C23H21N3O3. The molecule has 1 aliphatic rings. The molecule has 0 unspecified atom stereocenters. The largest absolute Gasteiger partial charge is 0.507 e. The minimum atomic E-state index is -0.485. The lowest BCUT2D eigenvalue weighted by Crippen LogP contribution is -2.19. The fourth-order valence-corrected chi connectivity index (χ4v) is 3.05. The molecule has 1 saturated carbocycles. The van der Waals surface area contributed by atoms with Crippen LogP contribution in [-0.2, 0) is 4.79 Å². The fraction of sp³-hybridized carbons (Fsp3) is 0.174. The highest BCUT2D eigenvalue weighted by molar-refractivity contribution is 6.04. The van der Waals surface area contributed by atoms with Crippen molar-refractivity contribution in [3.05, 3.63) is 71.8 Å². The van der Waals surface area contributed by atoms with Gasteiger partial charge in [-0.1, -0.05) is 36.4 Å². The van der Waals surface area contributed by atoms with Crippen LogP contribution in [0.15, 0.2) is 65.8 Å². The number of hydrazone groups is 1. The van der Waals surface area contributed by atoms with Gasteiger partial charge in [0.25, 0.3) is 5.91 Å². The van der Waals surface area contributed by atoms with Gasteiger partial charge in [0.1, 0.15) is 5.75 Å². The van der Waals surface area contributed by atoms with Crippen LogP contribution in [0.3, 0.4) is 0 Å². The van der Waals surface area contributed by atoms with Gasteiger partial charge in [0.15, 0.2) is 0 Å². The molecule has 0 atom stereocenters. The third-order valence-electron chi connectivity index (χ3n) is 4.95. The third kappa shape index (κ3) is 4.27. The Morgan fingerprint density at radius 1 is 1.00 bits per heavy atom. The number of nitrogens with zero attached hydrogens (tertiary/aromatic N) is 1. The normalized spacial score (nSPS) is 13.9. The molecule has 146 valence electrons. The van der Waals surface area contributed by atoms with E-state index in [0.717, 1.165) is 34.9 Å². The summed E-state index contributed by atoms with van der Waals surface area (Å²) in [5.74, 6) is -0.365. The molecule has 0 aliphatic heterocycles. The molecule has 3 N–H and O–H groups in total. The first-order chi connectivity index (χ1) is 14.0. The molecule has 1 fully saturated rings. The summed E-state index contributed by atoms with van der Waals surface area (Å²) in [6.07, 6.45) is 1.92. The molecular weight excluding hydrogens is 366 g/mol. The van der Waals surface area contributed by atoms with E-state index < -0.39 is 5.91 Å². The average molecular weight is 387 g/mol. The highest BCUT2D eigenvalue weighted by Crippen LogP contribution is 2.30. The van der Waals surface area contributed by atoms with E-state index in [1.807, 2.05) is 48.5 Å². The van der Waals surface area contributed by atoms with Crippen molar-refractivity contribution in [2.24, 2.45) is 11.0 Å². The number of carbonyl (C=O) groups is 2. The first-order valence-corrected chi connectivity index (χ1v) is 9.49. The molecule has 0 radical (unpaired) electrons. The average Bonchev–Trinajstić information content (AvgIpc) is 3.57. The minimum absolute atomic E-state index is 0.0607. The maximum absolute atomic E-state index is 12.5. The second kappa shape index (κ2) is 7.75. The number of anilines is 1. The van der Waals surface area contributed by atoms with E-state index in [1.165, 1.54) is 0 Å². The van der Waals surface area contributed by atoms with Gasteiger partial charge in [-0.25, -0.2) is 5.43 Å². The molecule has 0 bridgehead atoms. The van der Waals surface area contributed by atoms with Crippen molar-refractivity contribution in [2.75, 3.05) is 5.32 Å². The van der Waals surface area contributed by atoms with Crippen molar-refractivity contribution in [1.82, 2.24) is 5.43 Å². The number of phenolic OH excluding ortho intramolecular Hbond substituents is 1. The number of fused-ring (bicyclic) bond motifs is 1. The third-order valence-corrected chi connectivity index (χ3v) is 4.95. The van der Waals surface area contributed by atoms with E-state index in [0.29, 0.717) is 5.71 Å². The Kier molecular flexibility index (Phi) is 4.99. The van der Waals surface area contributed by atoms with Gasteiger partial charge >= 0.3 is 0 Å². The van der Waals surface area contributed by atoms with Crippen molar-refractivity contribution < 1.29 is 14.7 Å². The van der Waals surface area contributed by atoms with Crippen LogP contribution in [0.4, 0.5) is 5.69 Å². The maximum Gasteiger partial charge on any atom is 0.275 e. The van der Waals surface area contributed by atoms with Gasteiger partial charge < -0.3 is 10.4 Å². The summed E-state index contributed by atoms with van der Waals surface area (Å²) in [5, 5.41) is 18.9. The summed E-state index contributed by atoms with van der Waals surface area (Å²) in [7, 11) is 0. The van der Waals surface area contributed by atoms with Crippen molar-refractivity contribution in [2.45, 2.75) is 19.8 Å². The second-order valence-electron chi connectivity index (χ2n) is 7.20. The molecule has 6 heteroatoms. The number of benzene rings is 3. The Labute approximate surface area is 168 Å². The number of hydrogen-bond acceptors (Lipinski definition) is 4. The van der Waals surface area contributed by atoms with E-state index in [-0.39, 0.29) is 23.1 Å². The molecule has 2 amide bonds. The lowest BCUT2D eigenvalue weighted by molar-refractivity contribution is -0.117. The van der Waals surface area contributed by atoms with Gasteiger partial charge in [-0.15, -0.1) is 0 Å². The predicted octanol–water partition coefficient (Wildman–Crippen LogP) is 4.05. The molecule has 29 heavy (non-hydrogen) atoms. The molecule has 3 aromatic rings. The number of aromatic hydroxyl groups is 1.